The molecule has 0 aliphatic rings. The molecule has 0 saturated carbocycles. The number of carbonyl (C=O) groups excluding carboxylic acids is 2. The zero-order chi connectivity index (χ0) is 18.4. The van der Waals surface area contributed by atoms with Crippen LogP contribution >= 0.6 is 0 Å². The lowest BCUT2D eigenvalue weighted by atomic mass is 10.0. The van der Waals surface area contributed by atoms with Gasteiger partial charge in [0.1, 0.15) is 5.69 Å². The Bertz CT molecular complexity index is 752. The van der Waals surface area contributed by atoms with E-state index in [0.717, 1.165) is 12.0 Å². The first-order chi connectivity index (χ1) is 11.9. The number of carbonyl (C=O) groups is 2. The second-order valence-electron chi connectivity index (χ2n) is 6.12. The summed E-state index contributed by atoms with van der Waals surface area (Å²) in [5.41, 5.74) is 1.88. The van der Waals surface area contributed by atoms with Crippen LogP contribution in [0.3, 0.4) is 0 Å². The van der Waals surface area contributed by atoms with Gasteiger partial charge >= 0.3 is 12.0 Å². The Balaban J connectivity index is 1.98. The maximum atomic E-state index is 12.2. The van der Waals surface area contributed by atoms with Crippen molar-refractivity contribution in [3.63, 3.8) is 0 Å². The number of aromatic nitrogens is 1. The summed E-state index contributed by atoms with van der Waals surface area (Å²) in [6.45, 7) is 6.04. The van der Waals surface area contributed by atoms with Gasteiger partial charge in [-0.3, -0.25) is 0 Å². The molecular weight excluding hydrogens is 322 g/mol. The predicted octanol–water partition coefficient (Wildman–Crippen LogP) is 2.76. The molecular formula is C18H23N3O4. The van der Waals surface area contributed by atoms with E-state index in [0.29, 0.717) is 12.2 Å². The van der Waals surface area contributed by atoms with E-state index in [-0.39, 0.29) is 11.8 Å². The summed E-state index contributed by atoms with van der Waals surface area (Å²) >= 11 is 0. The number of aryl methyl sites for hydroxylation is 1. The molecule has 2 aromatic rings. The molecule has 0 unspecified atom stereocenters. The van der Waals surface area contributed by atoms with E-state index >= 15 is 0 Å². The lowest BCUT2D eigenvalue weighted by Gasteiger charge is -2.23. The first kappa shape index (κ1) is 18.5. The lowest BCUT2D eigenvalue weighted by Crippen LogP contribution is -2.46. The highest BCUT2D eigenvalue weighted by molar-refractivity contribution is 5.86. The second-order valence-corrected chi connectivity index (χ2v) is 6.12. The van der Waals surface area contributed by atoms with Crippen LogP contribution in [0, 0.1) is 0 Å². The number of amides is 2. The van der Waals surface area contributed by atoms with Crippen LogP contribution in [0.25, 0.3) is 0 Å². The van der Waals surface area contributed by atoms with Crippen molar-refractivity contribution < 1.29 is 18.8 Å². The number of methoxy groups -OCH3 is 1. The molecule has 1 heterocycles. The van der Waals surface area contributed by atoms with Crippen LogP contribution in [0.5, 0.6) is 0 Å². The highest BCUT2D eigenvalue weighted by atomic mass is 16.5. The minimum Gasteiger partial charge on any atom is -0.463 e. The number of nitrogens with one attached hydrogen (secondary N) is 2. The SMILES string of the molecule is CCc1ccccc1CNC(=O)NC(C)(C)c1cc(C(=O)OC)on1. The van der Waals surface area contributed by atoms with Gasteiger partial charge in [0.15, 0.2) is 0 Å². The Hall–Kier alpha value is -2.83. The van der Waals surface area contributed by atoms with Gasteiger partial charge in [-0.1, -0.05) is 36.3 Å². The van der Waals surface area contributed by atoms with Gasteiger partial charge in [0.2, 0.25) is 5.76 Å². The number of hydrogen-bond donors (Lipinski definition) is 2. The van der Waals surface area contributed by atoms with Crippen LogP contribution in [0.15, 0.2) is 34.9 Å². The third-order valence-corrected chi connectivity index (χ3v) is 3.90. The van der Waals surface area contributed by atoms with Crippen molar-refractivity contribution in [1.82, 2.24) is 15.8 Å². The summed E-state index contributed by atoms with van der Waals surface area (Å²) in [5.74, 6) is -0.625. The van der Waals surface area contributed by atoms with E-state index in [4.69, 9.17) is 4.52 Å². The quantitative estimate of drug-likeness (QED) is 0.785. The molecule has 1 aromatic heterocycles. The molecule has 0 aliphatic heterocycles. The number of ether oxygens (including phenoxy) is 1. The van der Waals surface area contributed by atoms with Gasteiger partial charge in [-0.2, -0.15) is 0 Å². The normalized spacial score (nSPS) is 11.0. The molecule has 2 N–H and O–H groups in total. The van der Waals surface area contributed by atoms with Crippen molar-refractivity contribution in [2.45, 2.75) is 39.3 Å². The molecule has 7 nitrogen and oxygen atoms in total. The van der Waals surface area contributed by atoms with E-state index in [2.05, 4.69) is 27.5 Å². The zero-order valence-electron chi connectivity index (χ0n) is 14.9. The predicted molar refractivity (Wildman–Crippen MR) is 92.1 cm³/mol. The van der Waals surface area contributed by atoms with Crippen molar-refractivity contribution in [1.29, 1.82) is 0 Å². The van der Waals surface area contributed by atoms with Crippen LogP contribution in [-0.2, 0) is 23.2 Å². The van der Waals surface area contributed by atoms with E-state index in [1.54, 1.807) is 13.8 Å². The Kier molecular flexibility index (Phi) is 5.80. The average Bonchev–Trinajstić information content (AvgIpc) is 3.10. The lowest BCUT2D eigenvalue weighted by molar-refractivity contribution is 0.0554. The molecule has 0 spiro atoms. The third kappa shape index (κ3) is 4.59. The molecule has 0 aliphatic carbocycles. The molecule has 0 bridgehead atoms. The van der Waals surface area contributed by atoms with Gasteiger partial charge in [0.25, 0.3) is 0 Å². The topological polar surface area (TPSA) is 93.5 Å². The molecule has 2 rings (SSSR count). The Morgan fingerprint density at radius 2 is 1.92 bits per heavy atom. The van der Waals surface area contributed by atoms with E-state index in [1.165, 1.54) is 18.7 Å². The van der Waals surface area contributed by atoms with Crippen LogP contribution in [0.2, 0.25) is 0 Å². The van der Waals surface area contributed by atoms with Crippen LogP contribution in [0.4, 0.5) is 4.79 Å². The summed E-state index contributed by atoms with van der Waals surface area (Å²) in [6.07, 6.45) is 0.903. The van der Waals surface area contributed by atoms with Crippen molar-refractivity contribution >= 4 is 12.0 Å². The number of benzene rings is 1. The highest BCUT2D eigenvalue weighted by Crippen LogP contribution is 2.20. The fraction of sp³-hybridized carbons (Fsp3) is 0.389. The van der Waals surface area contributed by atoms with E-state index < -0.39 is 11.5 Å². The molecule has 0 radical (unpaired) electrons. The first-order valence-electron chi connectivity index (χ1n) is 8.05. The Morgan fingerprint density at radius 3 is 2.56 bits per heavy atom. The van der Waals surface area contributed by atoms with Crippen LogP contribution < -0.4 is 10.6 Å². The maximum Gasteiger partial charge on any atom is 0.376 e. The minimum atomic E-state index is -0.815. The van der Waals surface area contributed by atoms with Crippen LogP contribution in [-0.4, -0.2) is 24.3 Å². The van der Waals surface area contributed by atoms with Crippen molar-refractivity contribution in [2.75, 3.05) is 7.11 Å². The van der Waals surface area contributed by atoms with Gasteiger partial charge in [-0.25, -0.2) is 9.59 Å². The summed E-state index contributed by atoms with van der Waals surface area (Å²) in [6, 6.07) is 9.08. The number of nitrogens with zero attached hydrogens (tertiary/aromatic N) is 1. The Morgan fingerprint density at radius 1 is 1.24 bits per heavy atom. The fourth-order valence-corrected chi connectivity index (χ4v) is 2.41. The monoisotopic (exact) mass is 345 g/mol. The molecule has 0 saturated heterocycles. The Labute approximate surface area is 146 Å². The fourth-order valence-electron chi connectivity index (χ4n) is 2.41. The van der Waals surface area contributed by atoms with Crippen LogP contribution in [0.1, 0.15) is 48.1 Å². The van der Waals surface area contributed by atoms with Crippen molar-refractivity contribution in [3.8, 4) is 0 Å². The number of rotatable bonds is 6. The largest absolute Gasteiger partial charge is 0.463 e. The van der Waals surface area contributed by atoms with E-state index in [9.17, 15) is 9.59 Å². The molecule has 2 amide bonds. The summed E-state index contributed by atoms with van der Waals surface area (Å²) < 4.78 is 9.53. The van der Waals surface area contributed by atoms with Crippen molar-refractivity contribution in [3.05, 3.63) is 52.9 Å². The van der Waals surface area contributed by atoms with Gasteiger partial charge in [-0.05, 0) is 31.4 Å². The average molecular weight is 345 g/mol. The highest BCUT2D eigenvalue weighted by Gasteiger charge is 2.28. The van der Waals surface area contributed by atoms with Gasteiger partial charge in [0, 0.05) is 12.6 Å². The molecule has 1 aromatic carbocycles. The summed E-state index contributed by atoms with van der Waals surface area (Å²) in [7, 11) is 1.26. The molecule has 7 heteroatoms. The smallest absolute Gasteiger partial charge is 0.376 e. The number of hydrogen-bond acceptors (Lipinski definition) is 5. The van der Waals surface area contributed by atoms with E-state index in [1.807, 2.05) is 24.3 Å². The molecule has 0 fully saturated rings. The number of esters is 1. The van der Waals surface area contributed by atoms with Gasteiger partial charge in [-0.15, -0.1) is 0 Å². The molecule has 134 valence electrons. The molecule has 25 heavy (non-hydrogen) atoms. The summed E-state index contributed by atoms with van der Waals surface area (Å²) in [4.78, 5) is 23.7. The minimum absolute atomic E-state index is 0.00958. The summed E-state index contributed by atoms with van der Waals surface area (Å²) in [5, 5.41) is 9.50. The van der Waals surface area contributed by atoms with Crippen molar-refractivity contribution in [2.24, 2.45) is 0 Å². The van der Waals surface area contributed by atoms with Gasteiger partial charge < -0.3 is 19.9 Å². The second kappa shape index (κ2) is 7.83. The first-order valence-corrected chi connectivity index (χ1v) is 8.05. The number of urea groups is 1. The standard InChI is InChI=1S/C18H23N3O4/c1-5-12-8-6-7-9-13(12)11-19-17(23)20-18(2,3)15-10-14(25-21-15)16(22)24-4/h6-10H,5,11H2,1-4H3,(H2,19,20,23). The van der Waals surface area contributed by atoms with Gasteiger partial charge in [0.05, 0.1) is 12.6 Å². The zero-order valence-corrected chi connectivity index (χ0v) is 14.9. The molecule has 0 atom stereocenters. The maximum absolute atomic E-state index is 12.2. The third-order valence-electron chi connectivity index (χ3n) is 3.90.